The Morgan fingerprint density at radius 1 is 0.968 bits per heavy atom. The van der Waals surface area contributed by atoms with E-state index < -0.39 is 10.0 Å². The Balaban J connectivity index is 1.21. The van der Waals surface area contributed by atoms with E-state index in [0.29, 0.717) is 43.7 Å². The lowest BCUT2D eigenvalue weighted by Crippen LogP contribution is -2.54. The zero-order valence-electron chi connectivity index (χ0n) is 18.4. The van der Waals surface area contributed by atoms with Crippen LogP contribution in [0.15, 0.2) is 29.2 Å². The molecule has 0 aliphatic carbocycles. The number of piperazine rings is 2. The lowest BCUT2D eigenvalue weighted by atomic mass is 10.2. The van der Waals surface area contributed by atoms with Gasteiger partial charge in [-0.3, -0.25) is 14.6 Å². The average Bonchev–Trinajstić information content (AvgIpc) is 3.28. The number of carbonyl (C=O) groups is 1. The van der Waals surface area contributed by atoms with Gasteiger partial charge in [0.05, 0.1) is 17.5 Å². The molecule has 4 rings (SSSR count). The molecule has 31 heavy (non-hydrogen) atoms. The van der Waals surface area contributed by atoms with E-state index in [1.807, 2.05) is 24.0 Å². The molecule has 1 amide bonds. The fourth-order valence-corrected chi connectivity index (χ4v) is 5.96. The number of benzene rings is 1. The number of sulfonamides is 1. The summed E-state index contributed by atoms with van der Waals surface area (Å²) in [6, 6.07) is 6.97. The molecule has 0 spiro atoms. The van der Waals surface area contributed by atoms with Crippen LogP contribution in [0.2, 0.25) is 0 Å². The second-order valence-electron chi connectivity index (χ2n) is 8.81. The van der Waals surface area contributed by atoms with E-state index in [-0.39, 0.29) is 5.91 Å². The van der Waals surface area contributed by atoms with Gasteiger partial charge in [0.1, 0.15) is 0 Å². The van der Waals surface area contributed by atoms with E-state index in [2.05, 4.69) is 9.80 Å². The van der Waals surface area contributed by atoms with Gasteiger partial charge < -0.3 is 9.64 Å². The molecule has 1 unspecified atom stereocenters. The van der Waals surface area contributed by atoms with Crippen molar-refractivity contribution in [2.75, 3.05) is 72.1 Å². The average molecular weight is 451 g/mol. The molecule has 1 atom stereocenters. The molecule has 1 aromatic carbocycles. The van der Waals surface area contributed by atoms with Crippen LogP contribution in [0.3, 0.4) is 0 Å². The Labute approximate surface area is 185 Å². The highest BCUT2D eigenvalue weighted by atomic mass is 32.2. The van der Waals surface area contributed by atoms with Crippen LogP contribution >= 0.6 is 0 Å². The van der Waals surface area contributed by atoms with Gasteiger partial charge in [-0.15, -0.1) is 0 Å². The van der Waals surface area contributed by atoms with Crippen molar-refractivity contribution in [3.8, 4) is 0 Å². The predicted octanol–water partition coefficient (Wildman–Crippen LogP) is 0.625. The lowest BCUT2D eigenvalue weighted by molar-refractivity contribution is -0.134. The molecule has 0 aromatic heterocycles. The Morgan fingerprint density at radius 3 is 2.23 bits per heavy atom. The quantitative estimate of drug-likeness (QED) is 0.633. The summed E-state index contributed by atoms with van der Waals surface area (Å²) in [4.78, 5) is 19.5. The second-order valence-corrected chi connectivity index (χ2v) is 10.7. The molecular formula is C22H34N4O4S. The number of nitrogens with zero attached hydrogens (tertiary/aromatic N) is 4. The van der Waals surface area contributed by atoms with Gasteiger partial charge in [0.15, 0.2) is 0 Å². The molecule has 0 bridgehead atoms. The van der Waals surface area contributed by atoms with E-state index in [9.17, 15) is 13.2 Å². The molecule has 172 valence electrons. The van der Waals surface area contributed by atoms with Crippen molar-refractivity contribution in [2.45, 2.75) is 30.8 Å². The van der Waals surface area contributed by atoms with Crippen LogP contribution in [0.4, 0.5) is 0 Å². The van der Waals surface area contributed by atoms with Crippen molar-refractivity contribution in [1.29, 1.82) is 0 Å². The Kier molecular flexibility index (Phi) is 7.28. The number of hydrogen-bond acceptors (Lipinski definition) is 6. The highest BCUT2D eigenvalue weighted by Gasteiger charge is 2.30. The third-order valence-electron chi connectivity index (χ3n) is 6.56. The van der Waals surface area contributed by atoms with Gasteiger partial charge in [0, 0.05) is 65.5 Å². The fourth-order valence-electron chi connectivity index (χ4n) is 4.53. The fraction of sp³-hybridized carbons (Fsp3) is 0.682. The van der Waals surface area contributed by atoms with Crippen molar-refractivity contribution in [2.24, 2.45) is 0 Å². The van der Waals surface area contributed by atoms with Crippen LogP contribution in [0.5, 0.6) is 0 Å². The molecular weight excluding hydrogens is 416 g/mol. The highest BCUT2D eigenvalue weighted by molar-refractivity contribution is 7.89. The molecule has 1 aromatic rings. The first-order valence-corrected chi connectivity index (χ1v) is 12.8. The molecule has 0 N–H and O–H groups in total. The minimum Gasteiger partial charge on any atom is -0.377 e. The largest absolute Gasteiger partial charge is 0.377 e. The highest BCUT2D eigenvalue weighted by Crippen LogP contribution is 2.19. The van der Waals surface area contributed by atoms with Crippen molar-refractivity contribution in [3.63, 3.8) is 0 Å². The maximum atomic E-state index is 12.8. The van der Waals surface area contributed by atoms with Crippen molar-refractivity contribution in [1.82, 2.24) is 19.0 Å². The molecule has 3 aliphatic heterocycles. The van der Waals surface area contributed by atoms with Gasteiger partial charge in [-0.05, 0) is 31.9 Å². The molecule has 3 heterocycles. The van der Waals surface area contributed by atoms with Crippen LogP contribution in [-0.4, -0.2) is 111 Å². The van der Waals surface area contributed by atoms with E-state index in [4.69, 9.17) is 4.74 Å². The van der Waals surface area contributed by atoms with Crippen LogP contribution in [0.25, 0.3) is 0 Å². The number of carbonyl (C=O) groups excluding carboxylic acids is 1. The summed E-state index contributed by atoms with van der Waals surface area (Å²) in [5.41, 5.74) is 1.04. The zero-order chi connectivity index (χ0) is 21.8. The number of ether oxygens (including phenoxy) is 1. The Hall–Kier alpha value is -1.52. The molecule has 3 saturated heterocycles. The smallest absolute Gasteiger partial charge is 0.243 e. The third-order valence-corrected chi connectivity index (χ3v) is 8.47. The number of hydrogen-bond donors (Lipinski definition) is 0. The van der Waals surface area contributed by atoms with Crippen molar-refractivity contribution < 1.29 is 17.9 Å². The Morgan fingerprint density at radius 2 is 1.61 bits per heavy atom. The van der Waals surface area contributed by atoms with Crippen LogP contribution in [-0.2, 0) is 19.6 Å². The predicted molar refractivity (Wildman–Crippen MR) is 118 cm³/mol. The summed E-state index contributed by atoms with van der Waals surface area (Å²) in [6.45, 7) is 9.45. The summed E-state index contributed by atoms with van der Waals surface area (Å²) < 4.78 is 32.9. The van der Waals surface area contributed by atoms with E-state index >= 15 is 0 Å². The first-order chi connectivity index (χ1) is 14.9. The number of rotatable bonds is 6. The molecule has 0 radical (unpaired) electrons. The summed E-state index contributed by atoms with van der Waals surface area (Å²) in [5, 5.41) is 0. The second kappa shape index (κ2) is 9.95. The minimum atomic E-state index is -3.47. The van der Waals surface area contributed by atoms with Crippen LogP contribution in [0, 0.1) is 6.92 Å². The first kappa shape index (κ1) is 22.7. The lowest BCUT2D eigenvalue weighted by Gasteiger charge is -2.38. The summed E-state index contributed by atoms with van der Waals surface area (Å²) in [6.07, 6.45) is 2.66. The van der Waals surface area contributed by atoms with Gasteiger partial charge in [-0.25, -0.2) is 8.42 Å². The standard InChI is InChI=1S/C22H34N4O4S/c1-19-4-6-21(7-5-19)31(28,29)26-14-10-24(11-15-26)18-22(27)25-12-8-23(9-13-25)17-20-3-2-16-30-20/h4-7,20H,2-3,8-18H2,1H3. The summed E-state index contributed by atoms with van der Waals surface area (Å²) >= 11 is 0. The van der Waals surface area contributed by atoms with E-state index in [1.165, 1.54) is 4.31 Å². The van der Waals surface area contributed by atoms with Gasteiger partial charge in [-0.1, -0.05) is 17.7 Å². The Bertz CT molecular complexity index is 839. The van der Waals surface area contributed by atoms with Gasteiger partial charge in [-0.2, -0.15) is 4.31 Å². The molecule has 0 saturated carbocycles. The van der Waals surface area contributed by atoms with Crippen LogP contribution < -0.4 is 0 Å². The van der Waals surface area contributed by atoms with Crippen molar-refractivity contribution >= 4 is 15.9 Å². The minimum absolute atomic E-state index is 0.145. The van der Waals surface area contributed by atoms with Gasteiger partial charge in [0.25, 0.3) is 0 Å². The maximum Gasteiger partial charge on any atom is 0.243 e. The van der Waals surface area contributed by atoms with Crippen molar-refractivity contribution in [3.05, 3.63) is 29.8 Å². The number of amides is 1. The van der Waals surface area contributed by atoms with Gasteiger partial charge >= 0.3 is 0 Å². The molecule has 9 heteroatoms. The zero-order valence-corrected chi connectivity index (χ0v) is 19.2. The van der Waals surface area contributed by atoms with E-state index in [1.54, 1.807) is 12.1 Å². The third kappa shape index (κ3) is 5.64. The summed E-state index contributed by atoms with van der Waals surface area (Å²) in [7, 11) is -3.47. The van der Waals surface area contributed by atoms with Crippen LogP contribution in [0.1, 0.15) is 18.4 Å². The first-order valence-electron chi connectivity index (χ1n) is 11.3. The molecule has 3 fully saturated rings. The maximum absolute atomic E-state index is 12.8. The monoisotopic (exact) mass is 450 g/mol. The van der Waals surface area contributed by atoms with Gasteiger partial charge in [0.2, 0.25) is 15.9 Å². The van der Waals surface area contributed by atoms with E-state index in [0.717, 1.165) is 57.7 Å². The normalized spacial score (nSPS) is 24.5. The SMILES string of the molecule is Cc1ccc(S(=O)(=O)N2CCN(CC(=O)N3CCN(CC4CCCO4)CC3)CC2)cc1. The molecule has 3 aliphatic rings. The summed E-state index contributed by atoms with van der Waals surface area (Å²) in [5.74, 6) is 0.145. The molecule has 8 nitrogen and oxygen atoms in total. The topological polar surface area (TPSA) is 73.4 Å². The number of aryl methyl sites for hydroxylation is 1.